The van der Waals surface area contributed by atoms with E-state index in [0.717, 1.165) is 25.9 Å². The smallest absolute Gasteiger partial charge is 0.209 e. The Labute approximate surface area is 63.2 Å². The van der Waals surface area contributed by atoms with E-state index in [1.165, 1.54) is 0 Å². The molecule has 0 N–H and O–H groups in total. The molecule has 2 nitrogen and oxygen atoms in total. The topological polar surface area (TPSA) is 20.3 Å². The third-order valence-corrected chi connectivity index (χ3v) is 1.55. The highest BCUT2D eigenvalue weighted by Gasteiger charge is 1.98. The van der Waals surface area contributed by atoms with E-state index in [9.17, 15) is 4.79 Å². The summed E-state index contributed by atoms with van der Waals surface area (Å²) < 4.78 is 0. The molecule has 0 aromatic rings. The van der Waals surface area contributed by atoms with Crippen molar-refractivity contribution in [3.8, 4) is 0 Å². The molecule has 0 fully saturated rings. The van der Waals surface area contributed by atoms with Crippen molar-refractivity contribution in [2.45, 2.75) is 27.2 Å². The van der Waals surface area contributed by atoms with Crippen LogP contribution in [0.25, 0.3) is 0 Å². The van der Waals surface area contributed by atoms with Crippen molar-refractivity contribution in [2.24, 2.45) is 5.92 Å². The molecule has 0 atom stereocenters. The SMILES string of the molecule is CCN(C=O)CCC(C)C. The predicted molar refractivity (Wildman–Crippen MR) is 42.8 cm³/mol. The van der Waals surface area contributed by atoms with Crippen LogP contribution in [0.2, 0.25) is 0 Å². The zero-order valence-electron chi connectivity index (χ0n) is 7.13. The van der Waals surface area contributed by atoms with E-state index < -0.39 is 0 Å². The van der Waals surface area contributed by atoms with E-state index in [-0.39, 0.29) is 0 Å². The summed E-state index contributed by atoms with van der Waals surface area (Å²) in [6.07, 6.45) is 2.02. The lowest BCUT2D eigenvalue weighted by Crippen LogP contribution is -2.23. The summed E-state index contributed by atoms with van der Waals surface area (Å²) in [7, 11) is 0. The van der Waals surface area contributed by atoms with Gasteiger partial charge in [-0.05, 0) is 19.3 Å². The van der Waals surface area contributed by atoms with Crippen LogP contribution in [0.4, 0.5) is 0 Å². The monoisotopic (exact) mass is 143 g/mol. The van der Waals surface area contributed by atoms with Gasteiger partial charge < -0.3 is 4.90 Å². The minimum absolute atomic E-state index is 0.689. The van der Waals surface area contributed by atoms with Crippen molar-refractivity contribution >= 4 is 6.41 Å². The third kappa shape index (κ3) is 4.36. The molecular weight excluding hydrogens is 126 g/mol. The Bertz CT molecular complexity index is 91.3. The molecule has 0 heterocycles. The molecule has 0 unspecified atom stereocenters. The summed E-state index contributed by atoms with van der Waals surface area (Å²) in [5.41, 5.74) is 0. The Hall–Kier alpha value is -0.530. The summed E-state index contributed by atoms with van der Waals surface area (Å²) in [5.74, 6) is 0.689. The van der Waals surface area contributed by atoms with Gasteiger partial charge in [-0.2, -0.15) is 0 Å². The predicted octanol–water partition coefficient (Wildman–Crippen LogP) is 1.51. The van der Waals surface area contributed by atoms with Crippen LogP contribution < -0.4 is 0 Å². The van der Waals surface area contributed by atoms with E-state index in [4.69, 9.17) is 0 Å². The van der Waals surface area contributed by atoms with Crippen molar-refractivity contribution in [3.05, 3.63) is 0 Å². The summed E-state index contributed by atoms with van der Waals surface area (Å²) in [5, 5.41) is 0. The fraction of sp³-hybridized carbons (Fsp3) is 0.875. The number of hydrogen-bond donors (Lipinski definition) is 0. The molecule has 0 bridgehead atoms. The Morgan fingerprint density at radius 1 is 1.50 bits per heavy atom. The number of carbonyl (C=O) groups excluding carboxylic acids is 1. The maximum absolute atomic E-state index is 10.3. The molecule has 0 aliphatic heterocycles. The molecule has 1 amide bonds. The maximum atomic E-state index is 10.3. The fourth-order valence-corrected chi connectivity index (χ4v) is 0.709. The second-order valence-corrected chi connectivity index (χ2v) is 2.92. The average Bonchev–Trinajstić information content (AvgIpc) is 1.90. The van der Waals surface area contributed by atoms with Gasteiger partial charge in [0.2, 0.25) is 6.41 Å². The Kier molecular flexibility index (Phi) is 4.99. The second-order valence-electron chi connectivity index (χ2n) is 2.92. The summed E-state index contributed by atoms with van der Waals surface area (Å²) >= 11 is 0. The van der Waals surface area contributed by atoms with Crippen molar-refractivity contribution in [2.75, 3.05) is 13.1 Å². The van der Waals surface area contributed by atoms with Gasteiger partial charge in [-0.3, -0.25) is 4.79 Å². The van der Waals surface area contributed by atoms with Crippen molar-refractivity contribution in [1.29, 1.82) is 0 Å². The molecule has 10 heavy (non-hydrogen) atoms. The van der Waals surface area contributed by atoms with E-state index >= 15 is 0 Å². The minimum atomic E-state index is 0.689. The standard InChI is InChI=1S/C8H17NO/c1-4-9(7-10)6-5-8(2)3/h7-8H,4-6H2,1-3H3. The highest BCUT2D eigenvalue weighted by molar-refractivity contribution is 5.46. The number of hydrogen-bond acceptors (Lipinski definition) is 1. The van der Waals surface area contributed by atoms with E-state index in [2.05, 4.69) is 13.8 Å². The van der Waals surface area contributed by atoms with E-state index in [1.807, 2.05) is 6.92 Å². The van der Waals surface area contributed by atoms with Gasteiger partial charge >= 0.3 is 0 Å². The average molecular weight is 143 g/mol. The Balaban J connectivity index is 3.34. The van der Waals surface area contributed by atoms with Crippen LogP contribution in [-0.4, -0.2) is 24.4 Å². The molecule has 0 aliphatic rings. The van der Waals surface area contributed by atoms with Gasteiger partial charge in [0.25, 0.3) is 0 Å². The van der Waals surface area contributed by atoms with Gasteiger partial charge in [-0.25, -0.2) is 0 Å². The third-order valence-electron chi connectivity index (χ3n) is 1.55. The van der Waals surface area contributed by atoms with Crippen LogP contribution in [0.3, 0.4) is 0 Å². The van der Waals surface area contributed by atoms with Crippen molar-refractivity contribution < 1.29 is 4.79 Å². The first-order chi connectivity index (χ1) is 4.70. The molecular formula is C8H17NO. The molecule has 0 aromatic carbocycles. The Morgan fingerprint density at radius 2 is 2.10 bits per heavy atom. The highest BCUT2D eigenvalue weighted by Crippen LogP contribution is 1.99. The van der Waals surface area contributed by atoms with Gasteiger partial charge in [0, 0.05) is 13.1 Å². The number of amides is 1. The van der Waals surface area contributed by atoms with Crippen LogP contribution in [-0.2, 0) is 4.79 Å². The lowest BCUT2D eigenvalue weighted by molar-refractivity contribution is -0.118. The van der Waals surface area contributed by atoms with Crippen LogP contribution in [0.15, 0.2) is 0 Å². The van der Waals surface area contributed by atoms with Crippen LogP contribution in [0, 0.1) is 5.92 Å². The van der Waals surface area contributed by atoms with Gasteiger partial charge in [-0.1, -0.05) is 13.8 Å². The van der Waals surface area contributed by atoms with Gasteiger partial charge in [0.1, 0.15) is 0 Å². The Morgan fingerprint density at radius 3 is 2.40 bits per heavy atom. The normalized spacial score (nSPS) is 10.0. The number of rotatable bonds is 5. The summed E-state index contributed by atoms with van der Waals surface area (Å²) in [6, 6.07) is 0. The second kappa shape index (κ2) is 5.27. The molecule has 0 spiro atoms. The first-order valence-corrected chi connectivity index (χ1v) is 3.90. The molecule has 0 rings (SSSR count). The van der Waals surface area contributed by atoms with Crippen LogP contribution in [0.5, 0.6) is 0 Å². The highest BCUT2D eigenvalue weighted by atomic mass is 16.1. The quantitative estimate of drug-likeness (QED) is 0.534. The molecule has 0 saturated carbocycles. The first kappa shape index (κ1) is 9.47. The fourth-order valence-electron chi connectivity index (χ4n) is 0.709. The largest absolute Gasteiger partial charge is 0.346 e. The minimum Gasteiger partial charge on any atom is -0.346 e. The molecule has 0 aliphatic carbocycles. The van der Waals surface area contributed by atoms with Crippen molar-refractivity contribution in [3.63, 3.8) is 0 Å². The van der Waals surface area contributed by atoms with Crippen LogP contribution >= 0.6 is 0 Å². The van der Waals surface area contributed by atoms with E-state index in [0.29, 0.717) is 5.92 Å². The molecule has 0 radical (unpaired) electrons. The lowest BCUT2D eigenvalue weighted by Gasteiger charge is -2.15. The first-order valence-electron chi connectivity index (χ1n) is 3.90. The summed E-state index contributed by atoms with van der Waals surface area (Å²) in [4.78, 5) is 12.1. The van der Waals surface area contributed by atoms with Crippen LogP contribution in [0.1, 0.15) is 27.2 Å². The molecule has 60 valence electrons. The lowest BCUT2D eigenvalue weighted by atomic mass is 10.1. The van der Waals surface area contributed by atoms with E-state index in [1.54, 1.807) is 4.90 Å². The summed E-state index contributed by atoms with van der Waals surface area (Å²) in [6.45, 7) is 8.06. The zero-order chi connectivity index (χ0) is 7.98. The number of nitrogens with zero attached hydrogens (tertiary/aromatic N) is 1. The molecule has 0 saturated heterocycles. The zero-order valence-corrected chi connectivity index (χ0v) is 7.13. The van der Waals surface area contributed by atoms with Crippen molar-refractivity contribution in [1.82, 2.24) is 4.90 Å². The van der Waals surface area contributed by atoms with Gasteiger partial charge in [-0.15, -0.1) is 0 Å². The molecule has 0 aromatic heterocycles. The maximum Gasteiger partial charge on any atom is 0.209 e. The van der Waals surface area contributed by atoms with Gasteiger partial charge in [0.05, 0.1) is 0 Å². The van der Waals surface area contributed by atoms with Gasteiger partial charge in [0.15, 0.2) is 0 Å². The number of carbonyl (C=O) groups is 1. The molecule has 2 heteroatoms.